The number of ether oxygens (including phenoxy) is 1. The minimum Gasteiger partial charge on any atom is -0.378 e. The van der Waals surface area contributed by atoms with Gasteiger partial charge in [0.05, 0.1) is 13.2 Å². The van der Waals surface area contributed by atoms with Crippen molar-refractivity contribution in [1.29, 1.82) is 0 Å². The highest BCUT2D eigenvalue weighted by Crippen LogP contribution is 2.02. The Bertz CT molecular complexity index is 296. The lowest BCUT2D eigenvalue weighted by molar-refractivity contribution is -0.140. The summed E-state index contributed by atoms with van der Waals surface area (Å²) in [4.78, 5) is 25.6. The van der Waals surface area contributed by atoms with Gasteiger partial charge in [-0.05, 0) is 14.0 Å². The number of halogens is 1. The van der Waals surface area contributed by atoms with Gasteiger partial charge in [0.25, 0.3) is 0 Å². The summed E-state index contributed by atoms with van der Waals surface area (Å²) in [6.07, 6.45) is 0. The van der Waals surface area contributed by atoms with Crippen LogP contribution in [0.25, 0.3) is 0 Å². The maximum absolute atomic E-state index is 12.1. The van der Waals surface area contributed by atoms with E-state index in [2.05, 4.69) is 10.6 Å². The molecule has 0 bridgehead atoms. The molecule has 112 valence electrons. The molecule has 1 aliphatic heterocycles. The largest absolute Gasteiger partial charge is 0.378 e. The molecule has 0 spiro atoms. The second-order valence-corrected chi connectivity index (χ2v) is 4.63. The van der Waals surface area contributed by atoms with E-state index < -0.39 is 6.04 Å². The van der Waals surface area contributed by atoms with Crippen molar-refractivity contribution in [2.75, 3.05) is 39.9 Å². The first kappa shape index (κ1) is 18.1. The van der Waals surface area contributed by atoms with Crippen molar-refractivity contribution in [2.45, 2.75) is 19.9 Å². The summed E-state index contributed by atoms with van der Waals surface area (Å²) >= 11 is 0. The number of carbonyl (C=O) groups excluding carboxylic acids is 2. The van der Waals surface area contributed by atoms with Crippen molar-refractivity contribution in [2.24, 2.45) is 5.92 Å². The quantitative estimate of drug-likeness (QED) is 0.725. The Morgan fingerprint density at radius 1 is 1.26 bits per heavy atom. The van der Waals surface area contributed by atoms with Crippen LogP contribution in [0.2, 0.25) is 0 Å². The summed E-state index contributed by atoms with van der Waals surface area (Å²) in [5.74, 6) is -0.281. The summed E-state index contributed by atoms with van der Waals surface area (Å²) in [7, 11) is 1.80. The van der Waals surface area contributed by atoms with Crippen LogP contribution in [0.15, 0.2) is 0 Å². The second-order valence-electron chi connectivity index (χ2n) is 4.63. The molecule has 19 heavy (non-hydrogen) atoms. The fourth-order valence-corrected chi connectivity index (χ4v) is 1.87. The molecule has 2 N–H and O–H groups in total. The van der Waals surface area contributed by atoms with E-state index in [-0.39, 0.29) is 30.1 Å². The van der Waals surface area contributed by atoms with Crippen molar-refractivity contribution in [3.8, 4) is 0 Å². The molecular formula is C12H24ClN3O3. The Morgan fingerprint density at radius 2 is 1.84 bits per heavy atom. The predicted molar refractivity (Wildman–Crippen MR) is 75.3 cm³/mol. The zero-order valence-corrected chi connectivity index (χ0v) is 12.6. The van der Waals surface area contributed by atoms with Crippen molar-refractivity contribution in [3.63, 3.8) is 0 Å². The monoisotopic (exact) mass is 293 g/mol. The van der Waals surface area contributed by atoms with Crippen LogP contribution in [-0.4, -0.2) is 62.7 Å². The molecule has 1 saturated heterocycles. The Balaban J connectivity index is 0.00000324. The minimum atomic E-state index is -0.477. The van der Waals surface area contributed by atoms with Gasteiger partial charge in [-0.25, -0.2) is 0 Å². The maximum Gasteiger partial charge on any atom is 0.245 e. The van der Waals surface area contributed by atoms with Crippen molar-refractivity contribution in [1.82, 2.24) is 15.5 Å². The van der Waals surface area contributed by atoms with E-state index in [1.54, 1.807) is 18.9 Å². The van der Waals surface area contributed by atoms with E-state index in [1.807, 2.05) is 6.92 Å². The van der Waals surface area contributed by atoms with Gasteiger partial charge in [0.1, 0.15) is 6.04 Å². The summed E-state index contributed by atoms with van der Waals surface area (Å²) in [5.41, 5.74) is 0. The van der Waals surface area contributed by atoms with Crippen LogP contribution in [0.1, 0.15) is 13.8 Å². The molecule has 0 aromatic carbocycles. The van der Waals surface area contributed by atoms with Crippen LogP contribution in [-0.2, 0) is 14.3 Å². The molecule has 1 heterocycles. The first-order chi connectivity index (χ1) is 8.56. The average molecular weight is 294 g/mol. The van der Waals surface area contributed by atoms with Gasteiger partial charge in [-0.15, -0.1) is 12.4 Å². The van der Waals surface area contributed by atoms with Gasteiger partial charge < -0.3 is 20.3 Å². The normalized spacial score (nSPS) is 18.2. The molecular weight excluding hydrogens is 270 g/mol. The standard InChI is InChI=1S/C12H23N3O3.ClH/c1-9(8-13-3)11(16)14-10(2)12(17)15-4-6-18-7-5-15;/h9-10,13H,4-8H2,1-3H3,(H,14,16);1H. The molecule has 1 fully saturated rings. The SMILES string of the molecule is CNCC(C)C(=O)NC(C)C(=O)N1CCOCC1.Cl. The smallest absolute Gasteiger partial charge is 0.245 e. The molecule has 2 amide bonds. The molecule has 2 atom stereocenters. The van der Waals surface area contributed by atoms with Crippen molar-refractivity contribution >= 4 is 24.2 Å². The lowest BCUT2D eigenvalue weighted by Crippen LogP contribution is -2.51. The lowest BCUT2D eigenvalue weighted by Gasteiger charge is -2.29. The number of nitrogens with one attached hydrogen (secondary N) is 2. The third-order valence-electron chi connectivity index (χ3n) is 3.01. The van der Waals surface area contributed by atoms with Crippen LogP contribution in [0.3, 0.4) is 0 Å². The Hall–Kier alpha value is -0.850. The van der Waals surface area contributed by atoms with E-state index in [9.17, 15) is 9.59 Å². The third kappa shape index (κ3) is 5.76. The summed E-state index contributed by atoms with van der Waals surface area (Å²) in [5, 5.41) is 5.69. The molecule has 7 heteroatoms. The van der Waals surface area contributed by atoms with E-state index in [1.165, 1.54) is 0 Å². The number of morpholine rings is 1. The number of hydrogen-bond acceptors (Lipinski definition) is 4. The van der Waals surface area contributed by atoms with Crippen LogP contribution in [0.5, 0.6) is 0 Å². The molecule has 6 nitrogen and oxygen atoms in total. The molecule has 0 aromatic rings. The first-order valence-corrected chi connectivity index (χ1v) is 6.37. The van der Waals surface area contributed by atoms with Crippen LogP contribution in [0, 0.1) is 5.92 Å². The minimum absolute atomic E-state index is 0. The van der Waals surface area contributed by atoms with Gasteiger partial charge in [0, 0.05) is 25.6 Å². The zero-order valence-electron chi connectivity index (χ0n) is 11.8. The fraction of sp³-hybridized carbons (Fsp3) is 0.833. The average Bonchev–Trinajstić information content (AvgIpc) is 2.39. The molecule has 0 aliphatic carbocycles. The number of carbonyl (C=O) groups is 2. The molecule has 0 saturated carbocycles. The maximum atomic E-state index is 12.1. The van der Waals surface area contributed by atoms with Crippen LogP contribution in [0.4, 0.5) is 0 Å². The van der Waals surface area contributed by atoms with E-state index in [0.29, 0.717) is 32.8 Å². The van der Waals surface area contributed by atoms with E-state index in [4.69, 9.17) is 4.74 Å². The molecule has 1 rings (SSSR count). The highest BCUT2D eigenvalue weighted by Gasteiger charge is 2.24. The van der Waals surface area contributed by atoms with Gasteiger partial charge in [0.2, 0.25) is 11.8 Å². The molecule has 1 aliphatic rings. The number of amides is 2. The topological polar surface area (TPSA) is 70.7 Å². The third-order valence-corrected chi connectivity index (χ3v) is 3.01. The van der Waals surface area contributed by atoms with E-state index in [0.717, 1.165) is 0 Å². The number of nitrogens with zero attached hydrogens (tertiary/aromatic N) is 1. The van der Waals surface area contributed by atoms with Crippen molar-refractivity contribution < 1.29 is 14.3 Å². The highest BCUT2D eigenvalue weighted by atomic mass is 35.5. The molecule has 0 aromatic heterocycles. The highest BCUT2D eigenvalue weighted by molar-refractivity contribution is 5.88. The second kappa shape index (κ2) is 9.12. The number of rotatable bonds is 5. The Morgan fingerprint density at radius 3 is 2.37 bits per heavy atom. The Labute approximate surface area is 120 Å². The molecule has 2 unspecified atom stereocenters. The van der Waals surface area contributed by atoms with E-state index >= 15 is 0 Å². The summed E-state index contributed by atoms with van der Waals surface area (Å²) < 4.78 is 5.19. The predicted octanol–water partition coefficient (Wildman–Crippen LogP) is -0.373. The van der Waals surface area contributed by atoms with Gasteiger partial charge in [-0.2, -0.15) is 0 Å². The zero-order chi connectivity index (χ0) is 13.5. The Kier molecular flexibility index (Phi) is 8.71. The van der Waals surface area contributed by atoms with Crippen LogP contribution >= 0.6 is 12.4 Å². The molecule has 0 radical (unpaired) electrons. The van der Waals surface area contributed by atoms with Gasteiger partial charge in [0.15, 0.2) is 0 Å². The van der Waals surface area contributed by atoms with Gasteiger partial charge in [-0.1, -0.05) is 6.92 Å². The summed E-state index contributed by atoms with van der Waals surface area (Å²) in [6, 6.07) is -0.477. The first-order valence-electron chi connectivity index (χ1n) is 6.37. The fourth-order valence-electron chi connectivity index (χ4n) is 1.87. The van der Waals surface area contributed by atoms with Gasteiger partial charge >= 0.3 is 0 Å². The van der Waals surface area contributed by atoms with Crippen molar-refractivity contribution in [3.05, 3.63) is 0 Å². The van der Waals surface area contributed by atoms with Gasteiger partial charge in [-0.3, -0.25) is 9.59 Å². The number of hydrogen-bond donors (Lipinski definition) is 2. The lowest BCUT2D eigenvalue weighted by atomic mass is 10.1. The van der Waals surface area contributed by atoms with Crippen LogP contribution < -0.4 is 10.6 Å². The summed E-state index contributed by atoms with van der Waals surface area (Å²) in [6.45, 7) is 6.51.